The van der Waals surface area contributed by atoms with E-state index in [-0.39, 0.29) is 13.2 Å². The lowest BCUT2D eigenvalue weighted by atomic mass is 10.0. The molecule has 0 aliphatic heterocycles. The van der Waals surface area contributed by atoms with Gasteiger partial charge in [-0.15, -0.1) is 0 Å². The molecule has 11 heteroatoms. The predicted molar refractivity (Wildman–Crippen MR) is 118 cm³/mol. The molecule has 4 aromatic rings. The summed E-state index contributed by atoms with van der Waals surface area (Å²) in [5, 5.41) is 26.4. The molecule has 4 rings (SSSR count). The first-order chi connectivity index (χ1) is 15.3. The van der Waals surface area contributed by atoms with Crippen molar-refractivity contribution in [1.82, 2.24) is 19.5 Å². The van der Waals surface area contributed by atoms with Gasteiger partial charge < -0.3 is 14.7 Å². The molecule has 166 valence electrons. The normalized spacial score (nSPS) is 13.9. The molecule has 10 nitrogen and oxygen atoms in total. The minimum atomic E-state index is -4.07. The molecule has 0 bridgehead atoms. The molecule has 0 amide bonds. The Bertz CT molecular complexity index is 1420. The molecule has 2 atom stereocenters. The Morgan fingerprint density at radius 2 is 2.12 bits per heavy atom. The monoisotopic (exact) mass is 454 g/mol. The number of fused-ring (bicyclic) bond motifs is 2. The molecule has 0 fully saturated rings. The number of nitriles is 1. The maximum atomic E-state index is 11.1. The molecule has 1 aromatic carbocycles. The zero-order valence-corrected chi connectivity index (χ0v) is 18.1. The van der Waals surface area contributed by atoms with Crippen LogP contribution in [0, 0.1) is 17.2 Å². The smallest absolute Gasteiger partial charge is 0.333 e. The maximum Gasteiger partial charge on any atom is 0.333 e. The van der Waals surface area contributed by atoms with E-state index in [0.717, 1.165) is 22.0 Å². The summed E-state index contributed by atoms with van der Waals surface area (Å²) >= 11 is 0. The number of hydrogen-bond acceptors (Lipinski definition) is 7. The fourth-order valence-corrected chi connectivity index (χ4v) is 4.09. The van der Waals surface area contributed by atoms with E-state index < -0.39 is 22.3 Å². The largest absolute Gasteiger partial charge is 0.391 e. The molecular weight excluding hydrogens is 432 g/mol. The van der Waals surface area contributed by atoms with E-state index in [9.17, 15) is 13.5 Å². The highest BCUT2D eigenvalue weighted by molar-refractivity contribution is 7.84. The number of nitrogens with zero attached hydrogens (tertiary/aromatic N) is 4. The second-order valence-electron chi connectivity index (χ2n) is 7.54. The summed E-state index contributed by atoms with van der Waals surface area (Å²) in [5.74, 6) is -0.421. The average molecular weight is 455 g/mol. The molecule has 3 aromatic heterocycles. The fraction of sp³-hybridized carbons (Fsp3) is 0.286. The van der Waals surface area contributed by atoms with Gasteiger partial charge in [-0.3, -0.25) is 4.18 Å². The SMILES string of the molecule is CC[C@@H](COS(N)(=O)=O)[C@@H](O)Cn1ccc2c(-c3cc4ccc(C#N)cc4[nH]3)ncnc21. The van der Waals surface area contributed by atoms with Gasteiger partial charge >= 0.3 is 10.3 Å². The summed E-state index contributed by atoms with van der Waals surface area (Å²) < 4.78 is 28.6. The van der Waals surface area contributed by atoms with Gasteiger partial charge in [0.15, 0.2) is 0 Å². The number of H-pyrrole nitrogens is 1. The van der Waals surface area contributed by atoms with Gasteiger partial charge in [-0.1, -0.05) is 13.0 Å². The number of aromatic nitrogens is 4. The Hall–Kier alpha value is -3.30. The van der Waals surface area contributed by atoms with Gasteiger partial charge in [-0.2, -0.15) is 13.7 Å². The van der Waals surface area contributed by atoms with Gasteiger partial charge in [-0.25, -0.2) is 15.1 Å². The minimum absolute atomic E-state index is 0.199. The minimum Gasteiger partial charge on any atom is -0.391 e. The summed E-state index contributed by atoms with van der Waals surface area (Å²) in [4.78, 5) is 12.1. The maximum absolute atomic E-state index is 11.1. The highest BCUT2D eigenvalue weighted by Crippen LogP contribution is 2.29. The third-order valence-electron chi connectivity index (χ3n) is 5.46. The number of hydrogen-bond donors (Lipinski definition) is 3. The van der Waals surface area contributed by atoms with E-state index in [1.807, 2.05) is 25.1 Å². The molecule has 0 aliphatic rings. The van der Waals surface area contributed by atoms with Gasteiger partial charge in [-0.05, 0) is 30.7 Å². The molecule has 4 N–H and O–H groups in total. The van der Waals surface area contributed by atoms with Crippen LogP contribution in [0.5, 0.6) is 0 Å². The van der Waals surface area contributed by atoms with Crippen molar-refractivity contribution >= 4 is 32.2 Å². The van der Waals surface area contributed by atoms with Crippen molar-refractivity contribution in [3.63, 3.8) is 0 Å². The Kier molecular flexibility index (Phi) is 5.94. The van der Waals surface area contributed by atoms with Gasteiger partial charge in [0.2, 0.25) is 0 Å². The van der Waals surface area contributed by atoms with Gasteiger partial charge in [0.1, 0.15) is 12.0 Å². The number of aliphatic hydroxyl groups excluding tert-OH is 1. The number of rotatable bonds is 8. The standard InChI is InChI=1S/C21H22N6O4S/c1-2-14(11-31-32(23,29)30)19(28)10-27-6-5-16-20(24-12-25-21(16)27)18-8-15-4-3-13(9-22)7-17(15)26-18/h3-8,12,14,19,26,28H,2,10-11H2,1H3,(H2,23,29,30)/t14-,19-/m0/s1. The first-order valence-electron chi connectivity index (χ1n) is 9.97. The lowest BCUT2D eigenvalue weighted by Crippen LogP contribution is -2.31. The second-order valence-corrected chi connectivity index (χ2v) is 8.76. The van der Waals surface area contributed by atoms with Crippen molar-refractivity contribution in [2.45, 2.75) is 26.0 Å². The number of nitrogens with one attached hydrogen (secondary N) is 1. The first kappa shape index (κ1) is 21.9. The van der Waals surface area contributed by atoms with Crippen LogP contribution in [0.3, 0.4) is 0 Å². The van der Waals surface area contributed by atoms with Crippen LogP contribution >= 0.6 is 0 Å². The third-order valence-corrected chi connectivity index (χ3v) is 5.93. The van der Waals surface area contributed by atoms with Crippen molar-refractivity contribution in [3.8, 4) is 17.5 Å². The summed E-state index contributed by atoms with van der Waals surface area (Å²) in [5.41, 5.74) is 3.51. The number of nitrogens with two attached hydrogens (primary N) is 1. The quantitative estimate of drug-likeness (QED) is 0.367. The highest BCUT2D eigenvalue weighted by atomic mass is 32.2. The van der Waals surface area contributed by atoms with E-state index in [1.54, 1.807) is 22.9 Å². The summed E-state index contributed by atoms with van der Waals surface area (Å²) in [6.07, 6.45) is 2.90. The second kappa shape index (κ2) is 8.68. The summed E-state index contributed by atoms with van der Waals surface area (Å²) in [7, 11) is -4.07. The van der Waals surface area contributed by atoms with Gasteiger partial charge in [0.25, 0.3) is 0 Å². The fourth-order valence-electron chi connectivity index (χ4n) is 3.72. The number of aliphatic hydroxyl groups is 1. The van der Waals surface area contributed by atoms with E-state index in [4.69, 9.17) is 10.4 Å². The predicted octanol–water partition coefficient (Wildman–Crippen LogP) is 2.06. The van der Waals surface area contributed by atoms with Crippen molar-refractivity contribution in [3.05, 3.63) is 48.4 Å². The third kappa shape index (κ3) is 4.49. The van der Waals surface area contributed by atoms with Crippen LogP contribution in [0.4, 0.5) is 0 Å². The molecule has 0 unspecified atom stereocenters. The van der Waals surface area contributed by atoms with Crippen molar-refractivity contribution < 1.29 is 17.7 Å². The van der Waals surface area contributed by atoms with E-state index in [0.29, 0.717) is 23.3 Å². The number of aromatic amines is 1. The van der Waals surface area contributed by atoms with Gasteiger partial charge in [0.05, 0.1) is 42.3 Å². The van der Waals surface area contributed by atoms with Crippen molar-refractivity contribution in [2.24, 2.45) is 11.1 Å². The van der Waals surface area contributed by atoms with Gasteiger partial charge in [0, 0.05) is 28.4 Å². The van der Waals surface area contributed by atoms with Crippen LogP contribution < -0.4 is 5.14 Å². The summed E-state index contributed by atoms with van der Waals surface area (Å²) in [6.45, 7) is 1.84. The topological polar surface area (TPSA) is 160 Å². The lowest BCUT2D eigenvalue weighted by molar-refractivity contribution is 0.0616. The first-order valence-corrected chi connectivity index (χ1v) is 11.4. The Morgan fingerprint density at radius 3 is 2.84 bits per heavy atom. The zero-order chi connectivity index (χ0) is 22.9. The molecular formula is C21H22N6O4S. The number of benzene rings is 1. The molecule has 0 saturated heterocycles. The molecule has 0 saturated carbocycles. The van der Waals surface area contributed by atoms with Crippen LogP contribution in [0.2, 0.25) is 0 Å². The van der Waals surface area contributed by atoms with Crippen LogP contribution in [-0.2, 0) is 21.0 Å². The molecule has 0 radical (unpaired) electrons. The molecule has 0 spiro atoms. The molecule has 3 heterocycles. The van der Waals surface area contributed by atoms with Crippen LogP contribution in [0.25, 0.3) is 33.3 Å². The van der Waals surface area contributed by atoms with Crippen LogP contribution in [0.15, 0.2) is 42.9 Å². The van der Waals surface area contributed by atoms with E-state index in [1.165, 1.54) is 6.33 Å². The molecule has 32 heavy (non-hydrogen) atoms. The Balaban J connectivity index is 1.63. The van der Waals surface area contributed by atoms with E-state index in [2.05, 4.69) is 25.2 Å². The van der Waals surface area contributed by atoms with Crippen LogP contribution in [0.1, 0.15) is 18.9 Å². The molecule has 0 aliphatic carbocycles. The van der Waals surface area contributed by atoms with Crippen molar-refractivity contribution in [2.75, 3.05) is 6.61 Å². The average Bonchev–Trinajstić information content (AvgIpc) is 3.37. The Labute approximate surface area is 184 Å². The van der Waals surface area contributed by atoms with E-state index >= 15 is 0 Å². The Morgan fingerprint density at radius 1 is 1.31 bits per heavy atom. The van der Waals surface area contributed by atoms with Crippen molar-refractivity contribution in [1.29, 1.82) is 5.26 Å². The zero-order valence-electron chi connectivity index (χ0n) is 17.3. The van der Waals surface area contributed by atoms with Crippen LogP contribution in [-0.4, -0.2) is 45.8 Å². The lowest BCUT2D eigenvalue weighted by Gasteiger charge is -2.21. The summed E-state index contributed by atoms with van der Waals surface area (Å²) in [6, 6.07) is 11.4. The highest BCUT2D eigenvalue weighted by Gasteiger charge is 2.22.